The topological polar surface area (TPSA) is 95.9 Å². The normalized spacial score (nSPS) is 17.1. The highest BCUT2D eigenvalue weighted by atomic mass is 16.5. The number of aliphatic hydroxyl groups is 2. The van der Waals surface area contributed by atoms with E-state index in [1.807, 2.05) is 0 Å². The number of amides is 1. The van der Waals surface area contributed by atoms with Gasteiger partial charge in [0.15, 0.2) is 6.10 Å². The molecular weight excluding hydrogens is 250 g/mol. The number of hydrogen-bond donors (Lipinski definition) is 3. The summed E-state index contributed by atoms with van der Waals surface area (Å²) >= 11 is 0. The van der Waals surface area contributed by atoms with Crippen LogP contribution < -0.4 is 5.32 Å². The molecule has 0 bridgehead atoms. The number of fused-ring (bicyclic) bond motifs is 1. The Labute approximate surface area is 110 Å². The van der Waals surface area contributed by atoms with Gasteiger partial charge in [-0.3, -0.25) is 4.79 Å². The largest absolute Gasteiger partial charge is 0.467 e. The van der Waals surface area contributed by atoms with Gasteiger partial charge in [-0.25, -0.2) is 4.79 Å². The fraction of sp³-hybridized carbons (Fsp3) is 0.385. The standard InChI is InChI=1S/C13H15NO5/c1-19-13(18)12(17)11(16)8-2-4-9-7(6-8)3-5-10(15)14-9/h2,4,6,11-12,16-17H,3,5H2,1H3,(H,14,15). The SMILES string of the molecule is COC(=O)C(O)C(O)c1ccc2c(c1)CCC(=O)N2. The number of ether oxygens (including phenoxy) is 1. The quantitative estimate of drug-likeness (QED) is 0.675. The van der Waals surface area contributed by atoms with Gasteiger partial charge in [-0.1, -0.05) is 12.1 Å². The molecule has 1 aliphatic heterocycles. The molecule has 2 rings (SSSR count). The zero-order valence-corrected chi connectivity index (χ0v) is 10.4. The first kappa shape index (κ1) is 13.5. The first-order valence-electron chi connectivity index (χ1n) is 5.89. The van der Waals surface area contributed by atoms with Crippen molar-refractivity contribution in [2.45, 2.75) is 25.0 Å². The van der Waals surface area contributed by atoms with E-state index in [9.17, 15) is 19.8 Å². The summed E-state index contributed by atoms with van der Waals surface area (Å²) in [5.41, 5.74) is 1.97. The number of rotatable bonds is 3. The van der Waals surface area contributed by atoms with E-state index in [0.717, 1.165) is 12.7 Å². The average molecular weight is 265 g/mol. The van der Waals surface area contributed by atoms with E-state index in [1.165, 1.54) is 0 Å². The average Bonchev–Trinajstić information content (AvgIpc) is 2.44. The second-order valence-electron chi connectivity index (χ2n) is 4.38. The van der Waals surface area contributed by atoms with Gasteiger partial charge in [-0.15, -0.1) is 0 Å². The number of methoxy groups -OCH3 is 1. The Morgan fingerprint density at radius 2 is 2.11 bits per heavy atom. The summed E-state index contributed by atoms with van der Waals surface area (Å²) < 4.78 is 4.38. The number of carbonyl (C=O) groups is 2. The van der Waals surface area contributed by atoms with E-state index in [-0.39, 0.29) is 5.91 Å². The maximum atomic E-state index is 11.2. The highest BCUT2D eigenvalue weighted by Gasteiger charge is 2.27. The van der Waals surface area contributed by atoms with Crippen LogP contribution in [-0.4, -0.2) is 35.3 Å². The van der Waals surface area contributed by atoms with Crippen LogP contribution in [0, 0.1) is 0 Å². The summed E-state index contributed by atoms with van der Waals surface area (Å²) in [5.74, 6) is -0.936. The Morgan fingerprint density at radius 1 is 1.37 bits per heavy atom. The number of aryl methyl sites for hydroxylation is 1. The lowest BCUT2D eigenvalue weighted by molar-refractivity contribution is -0.156. The molecule has 19 heavy (non-hydrogen) atoms. The number of nitrogens with one attached hydrogen (secondary N) is 1. The molecule has 0 saturated heterocycles. The van der Waals surface area contributed by atoms with Crippen molar-refractivity contribution in [1.82, 2.24) is 0 Å². The molecule has 0 aliphatic carbocycles. The predicted molar refractivity (Wildman–Crippen MR) is 66.4 cm³/mol. The third-order valence-corrected chi connectivity index (χ3v) is 3.11. The summed E-state index contributed by atoms with van der Waals surface area (Å²) in [4.78, 5) is 22.4. The van der Waals surface area contributed by atoms with Gasteiger partial charge in [0, 0.05) is 12.1 Å². The molecule has 1 aromatic carbocycles. The predicted octanol–water partition coefficient (Wildman–Crippen LogP) is 0.139. The summed E-state index contributed by atoms with van der Waals surface area (Å²) in [6.45, 7) is 0. The van der Waals surface area contributed by atoms with Crippen molar-refractivity contribution >= 4 is 17.6 Å². The summed E-state index contributed by atoms with van der Waals surface area (Å²) in [6.07, 6.45) is -2.03. The molecule has 6 nitrogen and oxygen atoms in total. The van der Waals surface area contributed by atoms with Gasteiger partial charge in [0.25, 0.3) is 0 Å². The summed E-state index contributed by atoms with van der Waals surface area (Å²) in [7, 11) is 1.14. The van der Waals surface area contributed by atoms with Crippen molar-refractivity contribution in [1.29, 1.82) is 0 Å². The Balaban J connectivity index is 2.22. The molecule has 1 aliphatic rings. The van der Waals surface area contributed by atoms with Gasteiger partial charge in [-0.2, -0.15) is 0 Å². The Morgan fingerprint density at radius 3 is 2.79 bits per heavy atom. The van der Waals surface area contributed by atoms with Crippen LogP contribution in [0.3, 0.4) is 0 Å². The second-order valence-corrected chi connectivity index (χ2v) is 4.38. The van der Waals surface area contributed by atoms with Crippen LogP contribution >= 0.6 is 0 Å². The summed E-state index contributed by atoms with van der Waals surface area (Å²) in [5, 5.41) is 22.2. The zero-order valence-electron chi connectivity index (χ0n) is 10.4. The maximum Gasteiger partial charge on any atom is 0.337 e. The molecular formula is C13H15NO5. The third-order valence-electron chi connectivity index (χ3n) is 3.11. The van der Waals surface area contributed by atoms with Crippen molar-refractivity contribution in [3.63, 3.8) is 0 Å². The Kier molecular flexibility index (Phi) is 3.82. The van der Waals surface area contributed by atoms with Crippen LogP contribution in [0.25, 0.3) is 0 Å². The van der Waals surface area contributed by atoms with E-state index in [2.05, 4.69) is 10.1 Å². The van der Waals surface area contributed by atoms with E-state index >= 15 is 0 Å². The Bertz CT molecular complexity index is 514. The molecule has 102 valence electrons. The maximum absolute atomic E-state index is 11.2. The van der Waals surface area contributed by atoms with Crippen molar-refractivity contribution in [3.8, 4) is 0 Å². The number of carbonyl (C=O) groups excluding carboxylic acids is 2. The number of hydrogen-bond acceptors (Lipinski definition) is 5. The molecule has 3 N–H and O–H groups in total. The molecule has 6 heteroatoms. The molecule has 1 aromatic rings. The molecule has 0 fully saturated rings. The third kappa shape index (κ3) is 2.74. The lowest BCUT2D eigenvalue weighted by atomic mass is 9.96. The van der Waals surface area contributed by atoms with Crippen LogP contribution in [0.4, 0.5) is 5.69 Å². The number of benzene rings is 1. The minimum absolute atomic E-state index is 0.0459. The molecule has 2 unspecified atom stereocenters. The molecule has 1 heterocycles. The second kappa shape index (κ2) is 5.38. The van der Waals surface area contributed by atoms with Crippen molar-refractivity contribution in [3.05, 3.63) is 29.3 Å². The van der Waals surface area contributed by atoms with Gasteiger partial charge >= 0.3 is 5.97 Å². The highest BCUT2D eigenvalue weighted by molar-refractivity contribution is 5.93. The number of anilines is 1. The van der Waals surface area contributed by atoms with E-state index in [1.54, 1.807) is 18.2 Å². The van der Waals surface area contributed by atoms with Gasteiger partial charge in [-0.05, 0) is 23.6 Å². The smallest absolute Gasteiger partial charge is 0.337 e. The van der Waals surface area contributed by atoms with Crippen LogP contribution in [0.15, 0.2) is 18.2 Å². The first-order chi connectivity index (χ1) is 9.02. The fourth-order valence-corrected chi connectivity index (χ4v) is 2.02. The van der Waals surface area contributed by atoms with Crippen molar-refractivity contribution < 1.29 is 24.5 Å². The van der Waals surface area contributed by atoms with Crippen LogP contribution in [0.5, 0.6) is 0 Å². The van der Waals surface area contributed by atoms with Gasteiger partial charge in [0.1, 0.15) is 6.10 Å². The molecule has 0 radical (unpaired) electrons. The molecule has 0 spiro atoms. The van der Waals surface area contributed by atoms with E-state index in [4.69, 9.17) is 0 Å². The van der Waals surface area contributed by atoms with Gasteiger partial charge in [0.2, 0.25) is 5.91 Å². The molecule has 2 atom stereocenters. The molecule has 1 amide bonds. The van der Waals surface area contributed by atoms with E-state index in [0.29, 0.717) is 24.1 Å². The highest BCUT2D eigenvalue weighted by Crippen LogP contribution is 2.27. The Hall–Kier alpha value is -1.92. The summed E-state index contributed by atoms with van der Waals surface area (Å²) in [6, 6.07) is 4.88. The van der Waals surface area contributed by atoms with Gasteiger partial charge in [0.05, 0.1) is 7.11 Å². The van der Waals surface area contributed by atoms with Crippen molar-refractivity contribution in [2.75, 3.05) is 12.4 Å². The first-order valence-corrected chi connectivity index (χ1v) is 5.89. The zero-order chi connectivity index (χ0) is 14.0. The lowest BCUT2D eigenvalue weighted by Gasteiger charge is -2.20. The molecule has 0 aromatic heterocycles. The monoisotopic (exact) mass is 265 g/mol. The molecule has 0 saturated carbocycles. The minimum atomic E-state index is -1.62. The lowest BCUT2D eigenvalue weighted by Crippen LogP contribution is -2.29. The van der Waals surface area contributed by atoms with Gasteiger partial charge < -0.3 is 20.3 Å². The van der Waals surface area contributed by atoms with Crippen LogP contribution in [-0.2, 0) is 20.7 Å². The number of aliphatic hydroxyl groups excluding tert-OH is 2. The van der Waals surface area contributed by atoms with E-state index < -0.39 is 18.2 Å². The minimum Gasteiger partial charge on any atom is -0.467 e. The van der Waals surface area contributed by atoms with Crippen LogP contribution in [0.1, 0.15) is 23.7 Å². The fourth-order valence-electron chi connectivity index (χ4n) is 2.02. The van der Waals surface area contributed by atoms with Crippen molar-refractivity contribution in [2.24, 2.45) is 0 Å². The number of esters is 1. The van der Waals surface area contributed by atoms with Crippen LogP contribution in [0.2, 0.25) is 0 Å².